The maximum absolute atomic E-state index is 11.2. The summed E-state index contributed by atoms with van der Waals surface area (Å²) >= 11 is 5.68. The molecular weight excluding hydrogens is 312 g/mol. The molecule has 11 nitrogen and oxygen atoms in total. The molecule has 0 fully saturated rings. The Morgan fingerprint density at radius 1 is 1.05 bits per heavy atom. The van der Waals surface area contributed by atoms with Gasteiger partial charge >= 0.3 is 0 Å². The Bertz CT molecular complexity index is 824. The number of fused-ring (bicyclic) bond motifs is 2. The number of halogens is 1. The third-order valence-corrected chi connectivity index (χ3v) is 2.97. The van der Waals surface area contributed by atoms with Crippen LogP contribution in [0, 0.1) is 0 Å². The van der Waals surface area contributed by atoms with Gasteiger partial charge in [-0.25, -0.2) is 19.9 Å². The Balaban J connectivity index is 0.000000133. The number of nitrogens with one attached hydrogen (secondary N) is 4. The molecule has 1 aliphatic heterocycles. The van der Waals surface area contributed by atoms with Crippen LogP contribution in [0.1, 0.15) is 10.5 Å². The Morgan fingerprint density at radius 2 is 1.82 bits per heavy atom. The number of nitrogens with two attached hydrogens (primary N) is 2. The fraction of sp³-hybridized carbons (Fsp3) is 0.100. The van der Waals surface area contributed by atoms with Crippen molar-refractivity contribution >= 4 is 34.5 Å². The van der Waals surface area contributed by atoms with Crippen LogP contribution in [-0.2, 0) is 0 Å². The third-order valence-electron chi connectivity index (χ3n) is 2.68. The lowest BCUT2D eigenvalue weighted by atomic mass is 10.3. The molecule has 0 spiro atoms. The monoisotopic (exact) mass is 322 g/mol. The minimum Gasteiger partial charge on any atom is -0.341 e. The molecule has 4 rings (SSSR count). The van der Waals surface area contributed by atoms with E-state index in [-0.39, 0.29) is 5.69 Å². The minimum absolute atomic E-state index is 0.265. The zero-order valence-corrected chi connectivity index (χ0v) is 11.7. The lowest BCUT2D eigenvalue weighted by Gasteiger charge is -2.30. The van der Waals surface area contributed by atoms with Gasteiger partial charge in [0.1, 0.15) is 17.7 Å². The second-order valence-corrected chi connectivity index (χ2v) is 4.70. The van der Waals surface area contributed by atoms with Crippen LogP contribution in [0.5, 0.6) is 0 Å². The van der Waals surface area contributed by atoms with Gasteiger partial charge in [-0.3, -0.25) is 16.3 Å². The van der Waals surface area contributed by atoms with Gasteiger partial charge in [0.25, 0.3) is 5.91 Å². The maximum Gasteiger partial charge on any atom is 0.277 e. The number of rotatable bonds is 0. The van der Waals surface area contributed by atoms with Crippen molar-refractivity contribution in [3.63, 3.8) is 0 Å². The normalized spacial score (nSPS) is 15.3. The standard InChI is InChI=1S/C5H3ClN4.C5H8N6O/c6-4-3-5(9-1-7-3)10-2-8-4;6-5(7)10-3-2(4(12)11-5)8-1-9-3/h1-2H,(H,7,8,9,10);1,10H,6-7H2,(H,8,9)(H,11,12). The molecule has 0 unspecified atom stereocenters. The summed E-state index contributed by atoms with van der Waals surface area (Å²) in [6.07, 6.45) is 4.30. The molecule has 3 aromatic rings. The van der Waals surface area contributed by atoms with Gasteiger partial charge < -0.3 is 20.6 Å². The van der Waals surface area contributed by atoms with Gasteiger partial charge in [0, 0.05) is 0 Å². The number of nitrogens with zero attached hydrogens (tertiary/aromatic N) is 4. The summed E-state index contributed by atoms with van der Waals surface area (Å²) < 4.78 is 0. The Hall–Kier alpha value is -2.76. The molecule has 1 aliphatic rings. The lowest BCUT2D eigenvalue weighted by Crippen LogP contribution is -2.70. The van der Waals surface area contributed by atoms with Crippen LogP contribution >= 0.6 is 11.6 Å². The van der Waals surface area contributed by atoms with E-state index in [4.69, 9.17) is 23.1 Å². The number of amides is 1. The van der Waals surface area contributed by atoms with Crippen molar-refractivity contribution in [3.05, 3.63) is 29.8 Å². The van der Waals surface area contributed by atoms with E-state index in [0.717, 1.165) is 0 Å². The number of aromatic amines is 2. The molecule has 0 atom stereocenters. The van der Waals surface area contributed by atoms with Crippen LogP contribution in [0.3, 0.4) is 0 Å². The molecule has 0 saturated heterocycles. The van der Waals surface area contributed by atoms with Gasteiger partial charge in [0.05, 0.1) is 12.7 Å². The molecule has 0 bridgehead atoms. The van der Waals surface area contributed by atoms with E-state index in [1.807, 2.05) is 0 Å². The zero-order chi connectivity index (χ0) is 15.7. The first-order valence-corrected chi connectivity index (χ1v) is 6.35. The number of hydrogen-bond donors (Lipinski definition) is 6. The molecule has 0 aromatic carbocycles. The second kappa shape index (κ2) is 5.22. The highest BCUT2D eigenvalue weighted by atomic mass is 35.5. The molecule has 0 saturated carbocycles. The van der Waals surface area contributed by atoms with Crippen LogP contribution in [0.4, 0.5) is 5.82 Å². The van der Waals surface area contributed by atoms with Crippen molar-refractivity contribution in [1.82, 2.24) is 35.2 Å². The summed E-state index contributed by atoms with van der Waals surface area (Å²) in [4.78, 5) is 32.0. The largest absolute Gasteiger partial charge is 0.341 e. The van der Waals surface area contributed by atoms with E-state index in [0.29, 0.717) is 22.1 Å². The first-order chi connectivity index (χ1) is 10.5. The number of imidazole rings is 2. The topological polar surface area (TPSA) is 176 Å². The lowest BCUT2D eigenvalue weighted by molar-refractivity contribution is 0.0900. The van der Waals surface area contributed by atoms with Gasteiger partial charge in [0.15, 0.2) is 16.5 Å². The summed E-state index contributed by atoms with van der Waals surface area (Å²) in [6.45, 7) is 0. The highest BCUT2D eigenvalue weighted by Gasteiger charge is 2.31. The fourth-order valence-corrected chi connectivity index (χ4v) is 1.97. The highest BCUT2D eigenvalue weighted by molar-refractivity contribution is 6.33. The van der Waals surface area contributed by atoms with E-state index in [1.165, 1.54) is 19.0 Å². The molecule has 1 amide bonds. The van der Waals surface area contributed by atoms with Crippen LogP contribution < -0.4 is 22.1 Å². The van der Waals surface area contributed by atoms with Crippen molar-refractivity contribution in [3.8, 4) is 0 Å². The zero-order valence-electron chi connectivity index (χ0n) is 11.0. The summed E-state index contributed by atoms with van der Waals surface area (Å²) in [5.74, 6) is -1.37. The van der Waals surface area contributed by atoms with E-state index in [1.54, 1.807) is 0 Å². The minimum atomic E-state index is -1.41. The molecule has 3 aromatic heterocycles. The predicted octanol–water partition coefficient (Wildman–Crippen LogP) is -0.900. The quantitative estimate of drug-likeness (QED) is 0.228. The fourth-order valence-electron chi connectivity index (χ4n) is 1.78. The predicted molar refractivity (Wildman–Crippen MR) is 77.5 cm³/mol. The number of hydrogen-bond acceptors (Lipinski definition) is 8. The van der Waals surface area contributed by atoms with E-state index in [2.05, 4.69) is 40.5 Å². The molecule has 22 heavy (non-hydrogen) atoms. The van der Waals surface area contributed by atoms with Crippen molar-refractivity contribution < 1.29 is 4.79 Å². The highest BCUT2D eigenvalue weighted by Crippen LogP contribution is 2.15. The number of anilines is 1. The second-order valence-electron chi connectivity index (χ2n) is 4.34. The van der Waals surface area contributed by atoms with E-state index >= 15 is 0 Å². The van der Waals surface area contributed by atoms with Crippen molar-refractivity contribution in [2.45, 2.75) is 5.91 Å². The molecule has 114 valence electrons. The third kappa shape index (κ3) is 2.67. The number of carbonyl (C=O) groups is 1. The van der Waals surface area contributed by atoms with Crippen molar-refractivity contribution in [1.29, 1.82) is 0 Å². The average molecular weight is 323 g/mol. The van der Waals surface area contributed by atoms with Crippen LogP contribution in [-0.4, -0.2) is 41.7 Å². The molecule has 0 aliphatic carbocycles. The smallest absolute Gasteiger partial charge is 0.277 e. The SMILES string of the molecule is Clc1ncnc2nc[nH]c12.NC1(N)NC(=O)c2nc[nH]c2N1. The van der Waals surface area contributed by atoms with Crippen LogP contribution in [0.15, 0.2) is 19.0 Å². The Kier molecular flexibility index (Phi) is 3.36. The van der Waals surface area contributed by atoms with Crippen molar-refractivity contribution in [2.75, 3.05) is 5.32 Å². The molecule has 4 heterocycles. The van der Waals surface area contributed by atoms with E-state index in [9.17, 15) is 4.79 Å². The van der Waals surface area contributed by atoms with Gasteiger partial charge in [0.2, 0.25) is 5.91 Å². The average Bonchev–Trinajstić information content (AvgIpc) is 3.07. The molecule has 8 N–H and O–H groups in total. The summed E-state index contributed by atoms with van der Waals surface area (Å²) in [6, 6.07) is 0. The number of aromatic nitrogens is 6. The Labute approximate surface area is 127 Å². The molecular formula is C10H11ClN10O. The number of carbonyl (C=O) groups excluding carboxylic acids is 1. The summed E-state index contributed by atoms with van der Waals surface area (Å²) in [7, 11) is 0. The van der Waals surface area contributed by atoms with Gasteiger partial charge in [-0.2, -0.15) is 0 Å². The van der Waals surface area contributed by atoms with Crippen molar-refractivity contribution in [2.24, 2.45) is 11.5 Å². The van der Waals surface area contributed by atoms with Crippen LogP contribution in [0.2, 0.25) is 5.15 Å². The molecule has 0 radical (unpaired) electrons. The maximum atomic E-state index is 11.2. The molecule has 12 heteroatoms. The first kappa shape index (κ1) is 14.2. The Morgan fingerprint density at radius 3 is 2.59 bits per heavy atom. The van der Waals surface area contributed by atoms with Gasteiger partial charge in [-0.05, 0) is 0 Å². The number of H-pyrrole nitrogens is 2. The van der Waals surface area contributed by atoms with Gasteiger partial charge in [-0.1, -0.05) is 11.6 Å². The van der Waals surface area contributed by atoms with Gasteiger partial charge in [-0.15, -0.1) is 0 Å². The first-order valence-electron chi connectivity index (χ1n) is 5.98. The van der Waals surface area contributed by atoms with Crippen LogP contribution in [0.25, 0.3) is 11.2 Å². The van der Waals surface area contributed by atoms with E-state index < -0.39 is 11.8 Å². The summed E-state index contributed by atoms with van der Waals surface area (Å²) in [5, 5.41) is 5.38. The summed E-state index contributed by atoms with van der Waals surface area (Å²) in [5.41, 5.74) is 12.4.